The van der Waals surface area contributed by atoms with E-state index in [2.05, 4.69) is 36.8 Å². The molecule has 3 aromatic rings. The molecule has 0 fully saturated rings. The first-order valence-electron chi connectivity index (χ1n) is 9.44. The molecule has 11 heteroatoms. The van der Waals surface area contributed by atoms with Gasteiger partial charge in [-0.25, -0.2) is 4.98 Å². The van der Waals surface area contributed by atoms with E-state index in [-0.39, 0.29) is 18.3 Å². The predicted octanol–water partition coefficient (Wildman–Crippen LogP) is 5.34. The Morgan fingerprint density at radius 1 is 1.18 bits per heavy atom. The number of hydrogen-bond donors (Lipinski definition) is 2. The van der Waals surface area contributed by atoms with Crippen LogP contribution in [0.25, 0.3) is 0 Å². The first-order valence-corrected chi connectivity index (χ1v) is 10.2. The van der Waals surface area contributed by atoms with Gasteiger partial charge in [-0.15, -0.1) is 0 Å². The zero-order chi connectivity index (χ0) is 23.8. The molecule has 33 heavy (non-hydrogen) atoms. The fourth-order valence-corrected chi connectivity index (χ4v) is 3.19. The summed E-state index contributed by atoms with van der Waals surface area (Å²) in [6.07, 6.45) is -2.31. The van der Waals surface area contributed by atoms with Crippen LogP contribution in [0.2, 0.25) is 0 Å². The molecule has 0 aliphatic heterocycles. The molecule has 0 saturated heterocycles. The van der Waals surface area contributed by atoms with Crippen molar-refractivity contribution < 1.29 is 27.4 Å². The van der Waals surface area contributed by atoms with Crippen molar-refractivity contribution >= 4 is 39.6 Å². The summed E-state index contributed by atoms with van der Waals surface area (Å²) in [5, 5.41) is 6.69. The van der Waals surface area contributed by atoms with Gasteiger partial charge in [0.15, 0.2) is 18.1 Å². The number of alkyl halides is 3. The molecule has 7 nitrogen and oxygen atoms in total. The monoisotopic (exact) mass is 522 g/mol. The predicted molar refractivity (Wildman–Crippen MR) is 122 cm³/mol. The molecule has 1 aromatic heterocycles. The maximum absolute atomic E-state index is 12.6. The van der Waals surface area contributed by atoms with Gasteiger partial charge < -0.3 is 14.8 Å². The number of nitrogens with zero attached hydrogens (tertiary/aromatic N) is 2. The summed E-state index contributed by atoms with van der Waals surface area (Å²) >= 11 is 3.38. The second kappa shape index (κ2) is 10.8. The average Bonchev–Trinajstić information content (AvgIpc) is 2.78. The van der Waals surface area contributed by atoms with Crippen LogP contribution in [0, 0.1) is 0 Å². The van der Waals surface area contributed by atoms with Gasteiger partial charge in [0.05, 0.1) is 23.4 Å². The van der Waals surface area contributed by atoms with Crippen LogP contribution in [0.3, 0.4) is 0 Å². The van der Waals surface area contributed by atoms with Crippen LogP contribution in [-0.2, 0) is 11.0 Å². The Bertz CT molecular complexity index is 1120. The minimum Gasteiger partial charge on any atom is -0.493 e. The number of nitrogens with one attached hydrogen (secondary N) is 2. The Morgan fingerprint density at radius 3 is 2.58 bits per heavy atom. The number of aromatic nitrogens is 1. The zero-order valence-electron chi connectivity index (χ0n) is 17.2. The standard InChI is InChI=1S/C22H18BrF3N4O3/c1-32-18-10-14(11-28-30-19-8-7-15(12-27-19)22(24,25)26)9-17(23)21(18)33-13-20(31)29-16-5-3-2-4-6-16/h2-12H,13H2,1H3,(H,27,30)(H,29,31)/b28-11-. The molecule has 0 spiro atoms. The molecule has 0 aliphatic rings. The summed E-state index contributed by atoms with van der Waals surface area (Å²) in [5.41, 5.74) is 2.96. The molecule has 3 rings (SSSR count). The number of hydrazone groups is 1. The van der Waals surface area contributed by atoms with Crippen LogP contribution in [0.4, 0.5) is 24.7 Å². The van der Waals surface area contributed by atoms with Crippen molar-refractivity contribution in [1.29, 1.82) is 0 Å². The third-order valence-electron chi connectivity index (χ3n) is 4.14. The smallest absolute Gasteiger partial charge is 0.417 e. The van der Waals surface area contributed by atoms with Gasteiger partial charge in [0.1, 0.15) is 5.82 Å². The number of carbonyl (C=O) groups is 1. The number of halogens is 4. The number of ether oxygens (including phenoxy) is 2. The SMILES string of the molecule is COc1cc(/C=N\Nc2ccc(C(F)(F)F)cn2)cc(Br)c1OCC(=O)Nc1ccccc1. The first kappa shape index (κ1) is 24.1. The fourth-order valence-electron chi connectivity index (χ4n) is 2.61. The third-order valence-corrected chi connectivity index (χ3v) is 4.73. The molecule has 172 valence electrons. The highest BCUT2D eigenvalue weighted by Gasteiger charge is 2.30. The molecule has 0 bridgehead atoms. The molecule has 0 saturated carbocycles. The molecule has 1 amide bonds. The van der Waals surface area contributed by atoms with E-state index < -0.39 is 11.7 Å². The summed E-state index contributed by atoms with van der Waals surface area (Å²) in [4.78, 5) is 15.8. The van der Waals surface area contributed by atoms with Gasteiger partial charge in [-0.1, -0.05) is 18.2 Å². The molecule has 0 unspecified atom stereocenters. The highest BCUT2D eigenvalue weighted by atomic mass is 79.9. The zero-order valence-corrected chi connectivity index (χ0v) is 18.8. The molecule has 0 radical (unpaired) electrons. The van der Waals surface area contributed by atoms with Crippen molar-refractivity contribution in [3.63, 3.8) is 0 Å². The number of methoxy groups -OCH3 is 1. The average molecular weight is 523 g/mol. The number of hydrogen-bond acceptors (Lipinski definition) is 6. The van der Waals surface area contributed by atoms with Gasteiger partial charge in [-0.2, -0.15) is 18.3 Å². The lowest BCUT2D eigenvalue weighted by Crippen LogP contribution is -2.20. The number of anilines is 2. The van der Waals surface area contributed by atoms with Crippen molar-refractivity contribution in [2.24, 2.45) is 5.10 Å². The van der Waals surface area contributed by atoms with Crippen molar-refractivity contribution in [3.8, 4) is 11.5 Å². The Morgan fingerprint density at radius 2 is 1.94 bits per heavy atom. The molecule has 0 aliphatic carbocycles. The molecule has 0 atom stereocenters. The maximum Gasteiger partial charge on any atom is 0.417 e. The third kappa shape index (κ3) is 6.94. The number of pyridine rings is 1. The van der Waals surface area contributed by atoms with E-state index in [1.165, 1.54) is 19.4 Å². The van der Waals surface area contributed by atoms with Crippen LogP contribution < -0.4 is 20.2 Å². The molecule has 1 heterocycles. The number of rotatable bonds is 8. The number of carbonyl (C=O) groups excluding carboxylic acids is 1. The Hall–Kier alpha value is -3.60. The lowest BCUT2D eigenvalue weighted by atomic mass is 10.2. The van der Waals surface area contributed by atoms with Gasteiger partial charge in [0.2, 0.25) is 0 Å². The fraction of sp³-hybridized carbons (Fsp3) is 0.136. The lowest BCUT2D eigenvalue weighted by Gasteiger charge is -2.13. The van der Waals surface area contributed by atoms with Crippen molar-refractivity contribution in [3.05, 3.63) is 76.4 Å². The largest absolute Gasteiger partial charge is 0.493 e. The summed E-state index contributed by atoms with van der Waals surface area (Å²) in [6.45, 7) is -0.238. The van der Waals surface area contributed by atoms with E-state index in [9.17, 15) is 18.0 Å². The highest BCUT2D eigenvalue weighted by Crippen LogP contribution is 2.36. The van der Waals surface area contributed by atoms with Gasteiger partial charge in [-0.3, -0.25) is 10.2 Å². The van der Waals surface area contributed by atoms with Crippen molar-refractivity contribution in [1.82, 2.24) is 4.98 Å². The van der Waals surface area contributed by atoms with Gasteiger partial charge in [-0.05, 0) is 57.9 Å². The molecular formula is C22H18BrF3N4O3. The van der Waals surface area contributed by atoms with Crippen molar-refractivity contribution in [2.75, 3.05) is 24.5 Å². The topological polar surface area (TPSA) is 84.8 Å². The number of amides is 1. The van der Waals surface area contributed by atoms with Crippen LogP contribution in [-0.4, -0.2) is 30.8 Å². The van der Waals surface area contributed by atoms with E-state index in [1.54, 1.807) is 36.4 Å². The highest BCUT2D eigenvalue weighted by molar-refractivity contribution is 9.10. The van der Waals surface area contributed by atoms with E-state index in [0.717, 1.165) is 12.3 Å². The summed E-state index contributed by atoms with van der Waals surface area (Å²) < 4.78 is 49.3. The quantitative estimate of drug-likeness (QED) is 0.308. The minimum atomic E-state index is -4.45. The first-order chi connectivity index (χ1) is 15.8. The van der Waals surface area contributed by atoms with E-state index in [4.69, 9.17) is 9.47 Å². The van der Waals surface area contributed by atoms with E-state index >= 15 is 0 Å². The van der Waals surface area contributed by atoms with Crippen LogP contribution >= 0.6 is 15.9 Å². The van der Waals surface area contributed by atoms with Gasteiger partial charge in [0.25, 0.3) is 5.91 Å². The lowest BCUT2D eigenvalue weighted by molar-refractivity contribution is -0.137. The normalized spacial score (nSPS) is 11.3. The summed E-state index contributed by atoms with van der Waals surface area (Å²) in [7, 11) is 1.45. The number of para-hydroxylation sites is 1. The minimum absolute atomic E-state index is 0.148. The van der Waals surface area contributed by atoms with Crippen LogP contribution in [0.1, 0.15) is 11.1 Å². The second-order valence-electron chi connectivity index (χ2n) is 6.54. The Balaban J connectivity index is 1.62. The van der Waals surface area contributed by atoms with Gasteiger partial charge >= 0.3 is 6.18 Å². The molecule has 2 aromatic carbocycles. The number of benzene rings is 2. The maximum atomic E-state index is 12.6. The molecule has 2 N–H and O–H groups in total. The summed E-state index contributed by atoms with van der Waals surface area (Å²) in [6, 6.07) is 14.4. The Labute approximate surface area is 195 Å². The van der Waals surface area contributed by atoms with Gasteiger partial charge in [0, 0.05) is 11.9 Å². The molecular weight excluding hydrogens is 505 g/mol. The van der Waals surface area contributed by atoms with Crippen molar-refractivity contribution in [2.45, 2.75) is 6.18 Å². The second-order valence-corrected chi connectivity index (χ2v) is 7.39. The summed E-state index contributed by atoms with van der Waals surface area (Å²) in [5.74, 6) is 0.491. The van der Waals surface area contributed by atoms with E-state index in [1.807, 2.05) is 6.07 Å². The Kier molecular flexibility index (Phi) is 7.88. The van der Waals surface area contributed by atoms with Crippen LogP contribution in [0.5, 0.6) is 11.5 Å². The van der Waals surface area contributed by atoms with Crippen LogP contribution in [0.15, 0.2) is 70.4 Å². The van der Waals surface area contributed by atoms with E-state index in [0.29, 0.717) is 27.2 Å².